The van der Waals surface area contributed by atoms with Crippen molar-refractivity contribution in [1.82, 2.24) is 14.1 Å². The van der Waals surface area contributed by atoms with Crippen LogP contribution in [0.5, 0.6) is 0 Å². The van der Waals surface area contributed by atoms with E-state index in [0.717, 1.165) is 41.2 Å². The van der Waals surface area contributed by atoms with Gasteiger partial charge in [-0.15, -0.1) is 11.3 Å². The lowest BCUT2D eigenvalue weighted by molar-refractivity contribution is 0.394. The lowest BCUT2D eigenvalue weighted by Gasteiger charge is -2.27. The molecule has 3 aromatic heterocycles. The third-order valence-electron chi connectivity index (χ3n) is 5.52. The van der Waals surface area contributed by atoms with Crippen molar-refractivity contribution in [3.8, 4) is 5.69 Å². The fourth-order valence-electron chi connectivity index (χ4n) is 3.87. The Morgan fingerprint density at radius 2 is 1.89 bits per heavy atom. The Labute approximate surface area is 159 Å². The van der Waals surface area contributed by atoms with Gasteiger partial charge in [-0.2, -0.15) is 0 Å². The van der Waals surface area contributed by atoms with Crippen molar-refractivity contribution in [2.24, 2.45) is 7.05 Å². The summed E-state index contributed by atoms with van der Waals surface area (Å²) in [6, 6.07) is 11.5. The smallest absolute Gasteiger partial charge is 0.271 e. The van der Waals surface area contributed by atoms with Crippen molar-refractivity contribution >= 4 is 32.6 Å². The molecule has 0 N–H and O–H groups in total. The Morgan fingerprint density at radius 1 is 1.15 bits per heavy atom. The summed E-state index contributed by atoms with van der Waals surface area (Å²) in [6.07, 6.45) is 3.20. The SMILES string of the molecule is Cc1cc2c(s1)c(=O)c1c(=O)n(-c3ccccc3)c(C3CCC3)nc1n2C. The topological polar surface area (TPSA) is 56.9 Å². The molecule has 136 valence electrons. The monoisotopic (exact) mass is 377 g/mol. The van der Waals surface area contributed by atoms with Gasteiger partial charge in [0.05, 0.1) is 15.9 Å². The van der Waals surface area contributed by atoms with Gasteiger partial charge in [0.2, 0.25) is 5.43 Å². The minimum atomic E-state index is -0.262. The molecule has 0 amide bonds. The van der Waals surface area contributed by atoms with Crippen LogP contribution in [0.25, 0.3) is 26.9 Å². The summed E-state index contributed by atoms with van der Waals surface area (Å²) in [5, 5.41) is 0.179. The highest BCUT2D eigenvalue weighted by Crippen LogP contribution is 2.36. The second-order valence-corrected chi connectivity index (χ2v) is 8.49. The van der Waals surface area contributed by atoms with Gasteiger partial charge >= 0.3 is 0 Å². The van der Waals surface area contributed by atoms with Gasteiger partial charge in [0.25, 0.3) is 5.56 Å². The molecular weight excluding hydrogens is 358 g/mol. The second-order valence-electron chi connectivity index (χ2n) is 7.23. The molecule has 0 atom stereocenters. The summed E-state index contributed by atoms with van der Waals surface area (Å²) in [7, 11) is 1.89. The molecule has 0 spiro atoms. The van der Waals surface area contributed by atoms with Gasteiger partial charge in [0.1, 0.15) is 11.2 Å². The van der Waals surface area contributed by atoms with Gasteiger partial charge in [0.15, 0.2) is 5.65 Å². The molecule has 1 fully saturated rings. The zero-order chi connectivity index (χ0) is 18.7. The van der Waals surface area contributed by atoms with E-state index in [0.29, 0.717) is 10.3 Å². The lowest BCUT2D eigenvalue weighted by atomic mass is 9.84. The lowest BCUT2D eigenvalue weighted by Crippen LogP contribution is -2.31. The highest BCUT2D eigenvalue weighted by molar-refractivity contribution is 7.18. The van der Waals surface area contributed by atoms with Crippen LogP contribution >= 0.6 is 11.3 Å². The molecule has 6 heteroatoms. The van der Waals surface area contributed by atoms with Crippen LogP contribution in [-0.4, -0.2) is 14.1 Å². The van der Waals surface area contributed by atoms with E-state index in [1.807, 2.05) is 54.9 Å². The van der Waals surface area contributed by atoms with Crippen LogP contribution in [0.2, 0.25) is 0 Å². The average molecular weight is 377 g/mol. The van der Waals surface area contributed by atoms with Crippen molar-refractivity contribution in [2.75, 3.05) is 0 Å². The summed E-state index contributed by atoms with van der Waals surface area (Å²) < 4.78 is 4.17. The number of thiophene rings is 1. The molecule has 0 aliphatic heterocycles. The molecule has 1 saturated carbocycles. The van der Waals surface area contributed by atoms with Crippen molar-refractivity contribution < 1.29 is 0 Å². The molecule has 0 unspecified atom stereocenters. The fourth-order valence-corrected chi connectivity index (χ4v) is 4.86. The van der Waals surface area contributed by atoms with E-state index in [1.165, 1.54) is 11.3 Å². The molecule has 0 bridgehead atoms. The highest BCUT2D eigenvalue weighted by Gasteiger charge is 2.28. The Bertz CT molecular complexity index is 1310. The fraction of sp³-hybridized carbons (Fsp3) is 0.286. The van der Waals surface area contributed by atoms with Gasteiger partial charge in [-0.05, 0) is 38.0 Å². The second kappa shape index (κ2) is 5.89. The Kier molecular flexibility index (Phi) is 3.59. The Balaban J connectivity index is 1.98. The highest BCUT2D eigenvalue weighted by atomic mass is 32.1. The van der Waals surface area contributed by atoms with E-state index >= 15 is 0 Å². The largest absolute Gasteiger partial charge is 0.327 e. The number of hydrogen-bond acceptors (Lipinski definition) is 4. The van der Waals surface area contributed by atoms with Crippen LogP contribution in [0.15, 0.2) is 46.0 Å². The molecule has 0 saturated heterocycles. The van der Waals surface area contributed by atoms with E-state index < -0.39 is 0 Å². The van der Waals surface area contributed by atoms with Gasteiger partial charge in [-0.25, -0.2) is 4.98 Å². The first-order valence-electron chi connectivity index (χ1n) is 9.17. The quantitative estimate of drug-likeness (QED) is 0.533. The van der Waals surface area contributed by atoms with Gasteiger partial charge < -0.3 is 4.57 Å². The summed E-state index contributed by atoms with van der Waals surface area (Å²) >= 11 is 1.44. The molecule has 27 heavy (non-hydrogen) atoms. The van der Waals surface area contributed by atoms with Crippen molar-refractivity contribution in [1.29, 1.82) is 0 Å². The third kappa shape index (κ3) is 2.33. The first-order valence-corrected chi connectivity index (χ1v) is 9.99. The van der Waals surface area contributed by atoms with Crippen LogP contribution in [-0.2, 0) is 7.05 Å². The molecule has 5 nitrogen and oxygen atoms in total. The molecule has 5 rings (SSSR count). The maximum absolute atomic E-state index is 13.5. The molecule has 1 aromatic carbocycles. The van der Waals surface area contributed by atoms with E-state index in [1.54, 1.807) is 4.57 Å². The predicted octanol–water partition coefficient (Wildman–Crippen LogP) is 3.88. The van der Waals surface area contributed by atoms with Crippen LogP contribution in [0.4, 0.5) is 0 Å². The molecular formula is C21H19N3O2S. The minimum Gasteiger partial charge on any atom is -0.327 e. The van der Waals surface area contributed by atoms with Crippen molar-refractivity contribution in [3.05, 3.63) is 67.7 Å². The van der Waals surface area contributed by atoms with Gasteiger partial charge in [-0.3, -0.25) is 14.2 Å². The molecule has 3 heterocycles. The molecule has 1 aliphatic carbocycles. The van der Waals surface area contributed by atoms with E-state index in [2.05, 4.69) is 0 Å². The van der Waals surface area contributed by atoms with Crippen molar-refractivity contribution in [2.45, 2.75) is 32.1 Å². The van der Waals surface area contributed by atoms with E-state index in [9.17, 15) is 9.59 Å². The van der Waals surface area contributed by atoms with E-state index in [-0.39, 0.29) is 22.3 Å². The van der Waals surface area contributed by atoms with Crippen molar-refractivity contribution in [3.63, 3.8) is 0 Å². The summed E-state index contributed by atoms with van der Waals surface area (Å²) in [5.41, 5.74) is 1.63. The number of pyridine rings is 1. The number of hydrogen-bond donors (Lipinski definition) is 0. The molecule has 0 radical (unpaired) electrons. The number of rotatable bonds is 2. The normalized spacial score (nSPS) is 14.7. The average Bonchev–Trinajstić information content (AvgIpc) is 3.01. The maximum atomic E-state index is 13.5. The number of para-hydroxylation sites is 1. The Morgan fingerprint density at radius 3 is 2.56 bits per heavy atom. The minimum absolute atomic E-state index is 0.179. The maximum Gasteiger partial charge on any atom is 0.271 e. The van der Waals surface area contributed by atoms with Crippen LogP contribution in [0, 0.1) is 6.92 Å². The summed E-state index contributed by atoms with van der Waals surface area (Å²) in [4.78, 5) is 32.6. The summed E-state index contributed by atoms with van der Waals surface area (Å²) in [5.74, 6) is 1.03. The predicted molar refractivity (Wildman–Crippen MR) is 109 cm³/mol. The first-order chi connectivity index (χ1) is 13.1. The zero-order valence-corrected chi connectivity index (χ0v) is 16.0. The number of nitrogens with zero attached hydrogens (tertiary/aromatic N) is 3. The van der Waals surface area contributed by atoms with Gasteiger partial charge in [-0.1, -0.05) is 24.6 Å². The third-order valence-corrected chi connectivity index (χ3v) is 6.56. The van der Waals surface area contributed by atoms with Crippen LogP contribution in [0.3, 0.4) is 0 Å². The first kappa shape index (κ1) is 16.4. The van der Waals surface area contributed by atoms with Crippen LogP contribution < -0.4 is 11.0 Å². The summed E-state index contributed by atoms with van der Waals surface area (Å²) in [6.45, 7) is 1.98. The molecule has 1 aliphatic rings. The number of aryl methyl sites for hydroxylation is 2. The van der Waals surface area contributed by atoms with Gasteiger partial charge in [0, 0.05) is 17.8 Å². The number of fused-ring (bicyclic) bond motifs is 2. The number of aromatic nitrogens is 3. The zero-order valence-electron chi connectivity index (χ0n) is 15.2. The van der Waals surface area contributed by atoms with Crippen LogP contribution in [0.1, 0.15) is 35.9 Å². The van der Waals surface area contributed by atoms with E-state index in [4.69, 9.17) is 4.98 Å². The Hall–Kier alpha value is -2.73. The standard InChI is InChI=1S/C21H19N3O2S/c1-12-11-15-18(27-12)17(25)16-20(23(15)2)22-19(13-7-6-8-13)24(21(16)26)14-9-4-3-5-10-14/h3-5,9-11,13H,6-8H2,1-2H3. The number of benzene rings is 1. The molecule has 4 aromatic rings.